The molecule has 0 aliphatic heterocycles. The van der Waals surface area contributed by atoms with Crippen molar-refractivity contribution in [2.24, 2.45) is 5.10 Å². The van der Waals surface area contributed by atoms with Crippen LogP contribution in [-0.4, -0.2) is 5.71 Å². The van der Waals surface area contributed by atoms with E-state index in [9.17, 15) is 0 Å². The van der Waals surface area contributed by atoms with Gasteiger partial charge in [-0.3, -0.25) is 0 Å². The Balaban J connectivity index is 0.00000240. The highest BCUT2D eigenvalue weighted by molar-refractivity contribution is 7.15. The van der Waals surface area contributed by atoms with Crippen LogP contribution in [0.25, 0.3) is 11.3 Å². The Bertz CT molecular complexity index is 1070. The Kier molecular flexibility index (Phi) is 7.01. The number of aryl methyl sites for hydroxylation is 1. The maximum Gasteiger partial charge on any atom is 0.360 e. The second-order valence-corrected chi connectivity index (χ2v) is 7.72. The van der Waals surface area contributed by atoms with Gasteiger partial charge < -0.3 is 21.4 Å². The van der Waals surface area contributed by atoms with Crippen LogP contribution in [0, 0.1) is 6.92 Å². The molecule has 2 heterocycles. The summed E-state index contributed by atoms with van der Waals surface area (Å²) in [6.45, 7) is 4.80. The lowest BCUT2D eigenvalue weighted by Gasteiger charge is -2.05. The molecule has 0 amide bonds. The number of benzene rings is 2. The highest BCUT2D eigenvalue weighted by atomic mass is 79.9. The van der Waals surface area contributed by atoms with E-state index in [1.165, 1.54) is 16.1 Å². The van der Waals surface area contributed by atoms with Crippen molar-refractivity contribution in [1.29, 1.82) is 0 Å². The molecule has 0 atom stereocenters. The maximum absolute atomic E-state index is 5.61. The van der Waals surface area contributed by atoms with Crippen LogP contribution in [0.15, 0.2) is 88.6 Å². The number of halogens is 1. The van der Waals surface area contributed by atoms with Gasteiger partial charge in [0, 0.05) is 5.56 Å². The maximum atomic E-state index is 5.61. The molecule has 4 nitrogen and oxygen atoms in total. The molecule has 0 aliphatic rings. The van der Waals surface area contributed by atoms with Gasteiger partial charge in [0.25, 0.3) is 0 Å². The lowest BCUT2D eigenvalue weighted by Crippen LogP contribution is -3.00. The molecule has 0 saturated heterocycles. The standard InChI is InChI=1S/C23H21N3OS.BrH/c1-17(19-10-5-3-6-11-19)24-25-23-26(16-21-14-9-15-27-21)22(18(2)28-23)20-12-7-4-8-13-20;/h3-15H,16H2,1-2H3;1H/b24-17-;. The van der Waals surface area contributed by atoms with Crippen LogP contribution >= 0.6 is 11.3 Å². The summed E-state index contributed by atoms with van der Waals surface area (Å²) in [5.74, 6) is 0.909. The number of hydrazone groups is 1. The smallest absolute Gasteiger partial charge is 0.360 e. The van der Waals surface area contributed by atoms with E-state index < -0.39 is 0 Å². The molecular weight excluding hydrogens is 446 g/mol. The average molecular weight is 468 g/mol. The predicted molar refractivity (Wildman–Crippen MR) is 115 cm³/mol. The molecule has 0 bridgehead atoms. The number of nitrogens with zero attached hydrogens (tertiary/aromatic N) is 2. The van der Waals surface area contributed by atoms with Gasteiger partial charge in [-0.15, -0.1) is 5.43 Å². The van der Waals surface area contributed by atoms with Crippen molar-refractivity contribution in [2.75, 3.05) is 5.43 Å². The molecular formula is C23H22BrN3OS. The Morgan fingerprint density at radius 2 is 1.69 bits per heavy atom. The van der Waals surface area contributed by atoms with Crippen molar-refractivity contribution in [2.45, 2.75) is 20.4 Å². The van der Waals surface area contributed by atoms with Gasteiger partial charge >= 0.3 is 5.13 Å². The quantitative estimate of drug-likeness (QED) is 0.269. The zero-order valence-corrected chi connectivity index (χ0v) is 18.7. The van der Waals surface area contributed by atoms with Crippen LogP contribution < -0.4 is 27.0 Å². The lowest BCUT2D eigenvalue weighted by atomic mass is 10.1. The van der Waals surface area contributed by atoms with Gasteiger partial charge in [-0.05, 0) is 42.9 Å². The highest BCUT2D eigenvalue weighted by Crippen LogP contribution is 2.29. The second-order valence-electron chi connectivity index (χ2n) is 6.52. The molecule has 0 radical (unpaired) electrons. The number of furan rings is 1. The molecule has 6 heteroatoms. The summed E-state index contributed by atoms with van der Waals surface area (Å²) in [6, 6.07) is 24.5. The molecule has 0 saturated carbocycles. The first kappa shape index (κ1) is 21.0. The van der Waals surface area contributed by atoms with E-state index in [2.05, 4.69) is 58.4 Å². The van der Waals surface area contributed by atoms with Gasteiger partial charge in [0.1, 0.15) is 18.0 Å². The second kappa shape index (κ2) is 9.67. The third kappa shape index (κ3) is 4.83. The lowest BCUT2D eigenvalue weighted by molar-refractivity contribution is -0.661. The first-order chi connectivity index (χ1) is 13.7. The number of aromatic nitrogens is 1. The molecule has 2 aromatic carbocycles. The van der Waals surface area contributed by atoms with E-state index >= 15 is 0 Å². The van der Waals surface area contributed by atoms with Crippen LogP contribution in [0.4, 0.5) is 5.13 Å². The topological polar surface area (TPSA) is 41.4 Å². The molecule has 1 N–H and O–H groups in total. The van der Waals surface area contributed by atoms with Gasteiger partial charge in [-0.25, -0.2) is 4.57 Å². The average Bonchev–Trinajstić information content (AvgIpc) is 3.35. The number of hydrogen-bond donors (Lipinski definition) is 1. The SMILES string of the molecule is C/C(=N/Nc1sc(C)c(-c2ccccc2)[n+]1Cc1ccco1)c1ccccc1.[Br-]. The Labute approximate surface area is 185 Å². The monoisotopic (exact) mass is 467 g/mol. The van der Waals surface area contributed by atoms with Crippen molar-refractivity contribution in [3.05, 3.63) is 95.3 Å². The van der Waals surface area contributed by atoms with Gasteiger partial charge in [0.2, 0.25) is 0 Å². The zero-order valence-electron chi connectivity index (χ0n) is 16.3. The predicted octanol–water partition coefficient (Wildman–Crippen LogP) is 2.49. The van der Waals surface area contributed by atoms with Crippen molar-refractivity contribution in [3.8, 4) is 11.3 Å². The molecule has 0 aliphatic carbocycles. The Morgan fingerprint density at radius 3 is 2.34 bits per heavy atom. The van der Waals surface area contributed by atoms with Crippen LogP contribution in [0.3, 0.4) is 0 Å². The van der Waals surface area contributed by atoms with Gasteiger partial charge in [-0.2, -0.15) is 0 Å². The third-order valence-electron chi connectivity index (χ3n) is 4.55. The van der Waals surface area contributed by atoms with E-state index in [4.69, 9.17) is 4.42 Å². The summed E-state index contributed by atoms with van der Waals surface area (Å²) in [5.41, 5.74) is 7.68. The first-order valence-electron chi connectivity index (χ1n) is 9.19. The van der Waals surface area contributed by atoms with E-state index in [1.807, 2.05) is 43.3 Å². The molecule has 4 aromatic rings. The van der Waals surface area contributed by atoms with Crippen LogP contribution in [-0.2, 0) is 6.54 Å². The van der Waals surface area contributed by atoms with E-state index in [1.54, 1.807) is 17.6 Å². The van der Waals surface area contributed by atoms with Crippen molar-refractivity contribution in [1.82, 2.24) is 0 Å². The normalized spacial score (nSPS) is 11.2. The summed E-state index contributed by atoms with van der Waals surface area (Å²) < 4.78 is 7.84. The van der Waals surface area contributed by atoms with Crippen molar-refractivity contribution >= 4 is 22.2 Å². The Morgan fingerprint density at radius 1 is 1.00 bits per heavy atom. The van der Waals surface area contributed by atoms with E-state index in [0.29, 0.717) is 6.54 Å². The molecule has 0 unspecified atom stereocenters. The number of hydrogen-bond acceptors (Lipinski definition) is 4. The number of rotatable bonds is 6. The number of thiazole rings is 1. The fourth-order valence-corrected chi connectivity index (χ4v) is 4.14. The summed E-state index contributed by atoms with van der Waals surface area (Å²) >= 11 is 1.70. The largest absolute Gasteiger partial charge is 1.00 e. The van der Waals surface area contributed by atoms with Crippen LogP contribution in [0.2, 0.25) is 0 Å². The van der Waals surface area contributed by atoms with Crippen molar-refractivity contribution in [3.63, 3.8) is 0 Å². The first-order valence-corrected chi connectivity index (χ1v) is 10.0. The molecule has 2 aromatic heterocycles. The number of anilines is 1. The molecule has 0 fully saturated rings. The summed E-state index contributed by atoms with van der Waals surface area (Å²) in [6.07, 6.45) is 1.71. The minimum absolute atomic E-state index is 0. The zero-order chi connectivity index (χ0) is 19.3. The molecule has 148 valence electrons. The minimum Gasteiger partial charge on any atom is -1.00 e. The van der Waals surface area contributed by atoms with Gasteiger partial charge in [0.15, 0.2) is 0 Å². The summed E-state index contributed by atoms with van der Waals surface area (Å²) in [7, 11) is 0. The number of nitrogens with one attached hydrogen (secondary N) is 1. The minimum atomic E-state index is 0. The molecule has 0 spiro atoms. The molecule has 4 rings (SSSR count). The summed E-state index contributed by atoms with van der Waals surface area (Å²) in [5, 5.41) is 5.60. The van der Waals surface area contributed by atoms with Gasteiger partial charge in [0.05, 0.1) is 16.9 Å². The van der Waals surface area contributed by atoms with E-state index in [0.717, 1.165) is 22.2 Å². The fraction of sp³-hybridized carbons (Fsp3) is 0.130. The van der Waals surface area contributed by atoms with Crippen molar-refractivity contribution < 1.29 is 26.0 Å². The molecule has 29 heavy (non-hydrogen) atoms. The van der Waals surface area contributed by atoms with Crippen LogP contribution in [0.5, 0.6) is 0 Å². The third-order valence-corrected chi connectivity index (χ3v) is 5.55. The Hall–Kier alpha value is -2.70. The van der Waals surface area contributed by atoms with Gasteiger partial charge in [-0.1, -0.05) is 65.8 Å². The summed E-state index contributed by atoms with van der Waals surface area (Å²) in [4.78, 5) is 1.23. The fourth-order valence-electron chi connectivity index (χ4n) is 3.16. The highest BCUT2D eigenvalue weighted by Gasteiger charge is 2.24. The van der Waals surface area contributed by atoms with Crippen LogP contribution in [0.1, 0.15) is 23.1 Å². The van der Waals surface area contributed by atoms with E-state index in [-0.39, 0.29) is 17.0 Å².